The molecule has 0 saturated heterocycles. The van der Waals surface area contributed by atoms with E-state index in [0.717, 1.165) is 44.6 Å². The van der Waals surface area contributed by atoms with Crippen LogP contribution in [0.3, 0.4) is 0 Å². The van der Waals surface area contributed by atoms with Crippen molar-refractivity contribution in [3.8, 4) is 28.4 Å². The fraction of sp³-hybridized carbons (Fsp3) is 0.323. The van der Waals surface area contributed by atoms with Gasteiger partial charge in [0.1, 0.15) is 5.82 Å². The summed E-state index contributed by atoms with van der Waals surface area (Å²) in [6, 6.07) is 54.0. The number of pyridine rings is 1. The van der Waals surface area contributed by atoms with Gasteiger partial charge in [0.25, 0.3) is 0 Å². The maximum Gasteiger partial charge on any atom is 0.135 e. The molecule has 370 valence electrons. The maximum atomic E-state index is 7.09. The molecule has 6 heteroatoms. The minimum Gasteiger partial charge on any atom is -0.509 e. The second kappa shape index (κ2) is 19.3. The van der Waals surface area contributed by atoms with E-state index in [9.17, 15) is 0 Å². The van der Waals surface area contributed by atoms with Crippen LogP contribution in [0.1, 0.15) is 149 Å². The topological polar surface area (TPSA) is 33.5 Å². The first-order valence-electron chi connectivity index (χ1n) is 25.2. The number of fused-ring (bicyclic) bond motifs is 3. The van der Waals surface area contributed by atoms with E-state index in [0.29, 0.717) is 23.3 Å². The molecular formula is C65H71N4OPt-3. The fourth-order valence-electron chi connectivity index (χ4n) is 9.94. The average molecular weight is 1120 g/mol. The second-order valence-electron chi connectivity index (χ2n) is 23.6. The number of nitrogens with zero attached hydrogens (tertiary/aromatic N) is 4. The molecule has 3 heterocycles. The molecule has 0 N–H and O–H groups in total. The maximum absolute atomic E-state index is 7.09. The first-order valence-corrected chi connectivity index (χ1v) is 25.2. The number of hydrogen-bond donors (Lipinski definition) is 0. The Labute approximate surface area is 439 Å². The van der Waals surface area contributed by atoms with Crippen LogP contribution in [-0.4, -0.2) is 9.55 Å². The predicted octanol–water partition coefficient (Wildman–Crippen LogP) is 17.7. The number of ether oxygens (including phenoxy) is 1. The van der Waals surface area contributed by atoms with Crippen LogP contribution in [0.15, 0.2) is 145 Å². The van der Waals surface area contributed by atoms with Gasteiger partial charge in [0, 0.05) is 66.5 Å². The van der Waals surface area contributed by atoms with Crippen LogP contribution in [0.5, 0.6) is 11.5 Å². The molecular weight excluding hydrogens is 1050 g/mol. The summed E-state index contributed by atoms with van der Waals surface area (Å²) in [5, 5.41) is 2.23. The van der Waals surface area contributed by atoms with E-state index in [2.05, 4.69) is 271 Å². The zero-order valence-corrected chi connectivity index (χ0v) is 46.8. The van der Waals surface area contributed by atoms with Crippen molar-refractivity contribution < 1.29 is 25.8 Å². The van der Waals surface area contributed by atoms with E-state index in [4.69, 9.17) is 9.72 Å². The molecule has 8 aromatic rings. The largest absolute Gasteiger partial charge is 0.509 e. The van der Waals surface area contributed by atoms with Crippen molar-refractivity contribution >= 4 is 33.2 Å². The Hall–Kier alpha value is -5.90. The van der Waals surface area contributed by atoms with Gasteiger partial charge in [-0.15, -0.1) is 53.6 Å². The SMILES string of the molecule is CC(C)c1cccc(C(C)C)c1-c1cc(Oc2[c-]c3c(cc2)c2cc(C(C)(C)c4ccccc4)ccc2n3-c2cc(C(C)(C)C)ccn2)[c-]c(N2C=C(C(C)(C)C)N(c3cccc(C(C)(C)C)c3)[CH-]2)c1.[Pt]. The molecule has 0 bridgehead atoms. The van der Waals surface area contributed by atoms with Crippen molar-refractivity contribution in [1.29, 1.82) is 0 Å². The van der Waals surface area contributed by atoms with Crippen molar-refractivity contribution in [1.82, 2.24) is 9.55 Å². The first kappa shape index (κ1) is 51.5. The van der Waals surface area contributed by atoms with E-state index in [1.165, 1.54) is 44.6 Å². The van der Waals surface area contributed by atoms with Crippen LogP contribution in [0.4, 0.5) is 11.4 Å². The summed E-state index contributed by atoms with van der Waals surface area (Å²) in [6.45, 7) is 36.4. The van der Waals surface area contributed by atoms with Gasteiger partial charge in [-0.25, -0.2) is 4.98 Å². The monoisotopic (exact) mass is 1120 g/mol. The third-order valence-electron chi connectivity index (χ3n) is 14.2. The molecule has 71 heavy (non-hydrogen) atoms. The fourth-order valence-corrected chi connectivity index (χ4v) is 9.94. The van der Waals surface area contributed by atoms with Gasteiger partial charge in [-0.2, -0.15) is 6.07 Å². The molecule has 0 saturated carbocycles. The van der Waals surface area contributed by atoms with Gasteiger partial charge < -0.3 is 19.1 Å². The zero-order chi connectivity index (χ0) is 50.1. The molecule has 1 aliphatic heterocycles. The molecule has 0 atom stereocenters. The number of aromatic nitrogens is 2. The Kier molecular flexibility index (Phi) is 14.0. The normalized spacial score (nSPS) is 13.7. The Morgan fingerprint density at radius 2 is 1.21 bits per heavy atom. The van der Waals surface area contributed by atoms with Gasteiger partial charge in [-0.05, 0) is 104 Å². The molecule has 0 radical (unpaired) electrons. The Balaban J connectivity index is 0.00000676. The van der Waals surface area contributed by atoms with Gasteiger partial charge in [-0.3, -0.25) is 0 Å². The van der Waals surface area contributed by atoms with Crippen LogP contribution >= 0.6 is 0 Å². The summed E-state index contributed by atoms with van der Waals surface area (Å²) in [6.07, 6.45) is 4.20. The quantitative estimate of drug-likeness (QED) is 0.128. The molecule has 0 unspecified atom stereocenters. The predicted molar refractivity (Wildman–Crippen MR) is 296 cm³/mol. The average Bonchev–Trinajstić information content (AvgIpc) is 3.92. The summed E-state index contributed by atoms with van der Waals surface area (Å²) < 4.78 is 9.35. The van der Waals surface area contributed by atoms with Gasteiger partial charge in [0.05, 0.1) is 0 Å². The van der Waals surface area contributed by atoms with Crippen LogP contribution in [0.2, 0.25) is 0 Å². The standard InChI is InChI=1S/C65H71N4O.Pt/c1-42(2)53-25-20-26-54(43(3)4)61(53)44-33-50(67-40-59(64(11,12)13)68(41-67)49-24-19-23-46(35-49)62(5,6)7)38-52(34-44)70-51-28-29-55-56-36-48(65(14,15)45-21-17-16-18-22-45)27-30-57(56)69(58(55)39-51)60-37-47(31-32-66-60)63(8,9)10;/h16-37,40-43H,1-15H3;/q-3;. The van der Waals surface area contributed by atoms with Crippen molar-refractivity contribution in [3.63, 3.8) is 0 Å². The van der Waals surface area contributed by atoms with Crippen molar-refractivity contribution in [2.75, 3.05) is 9.80 Å². The smallest absolute Gasteiger partial charge is 0.135 e. The molecule has 6 aromatic carbocycles. The van der Waals surface area contributed by atoms with Crippen molar-refractivity contribution in [3.05, 3.63) is 198 Å². The summed E-state index contributed by atoms with van der Waals surface area (Å²) in [7, 11) is 0. The van der Waals surface area contributed by atoms with E-state index in [1.807, 2.05) is 6.20 Å². The molecule has 0 aliphatic carbocycles. The summed E-state index contributed by atoms with van der Waals surface area (Å²) in [5.41, 5.74) is 14.7. The first-order chi connectivity index (χ1) is 33.0. The number of hydrogen-bond acceptors (Lipinski definition) is 4. The molecule has 0 amide bonds. The van der Waals surface area contributed by atoms with Crippen molar-refractivity contribution in [2.45, 2.75) is 132 Å². The van der Waals surface area contributed by atoms with Gasteiger partial charge in [0.2, 0.25) is 0 Å². The summed E-state index contributed by atoms with van der Waals surface area (Å²) >= 11 is 0. The number of allylic oxidation sites excluding steroid dienone is 1. The van der Waals surface area contributed by atoms with E-state index >= 15 is 0 Å². The second-order valence-corrected chi connectivity index (χ2v) is 23.6. The van der Waals surface area contributed by atoms with Crippen LogP contribution in [0.25, 0.3) is 38.8 Å². The third kappa shape index (κ3) is 10.1. The van der Waals surface area contributed by atoms with Gasteiger partial charge in [0.15, 0.2) is 0 Å². The Morgan fingerprint density at radius 3 is 1.86 bits per heavy atom. The molecule has 9 rings (SSSR count). The van der Waals surface area contributed by atoms with E-state index in [1.54, 1.807) is 0 Å². The minimum absolute atomic E-state index is 0. The molecule has 2 aromatic heterocycles. The molecule has 0 spiro atoms. The Bertz CT molecular complexity index is 3240. The third-order valence-corrected chi connectivity index (χ3v) is 14.2. The summed E-state index contributed by atoms with van der Waals surface area (Å²) in [4.78, 5) is 9.58. The van der Waals surface area contributed by atoms with E-state index in [-0.39, 0.29) is 42.7 Å². The molecule has 1 aliphatic rings. The number of benzene rings is 6. The van der Waals surface area contributed by atoms with E-state index < -0.39 is 0 Å². The van der Waals surface area contributed by atoms with Gasteiger partial charge >= 0.3 is 0 Å². The minimum atomic E-state index is -0.216. The van der Waals surface area contributed by atoms with Crippen LogP contribution in [-0.2, 0) is 37.3 Å². The summed E-state index contributed by atoms with van der Waals surface area (Å²) in [5.74, 6) is 2.69. The molecule has 5 nitrogen and oxygen atoms in total. The molecule has 0 fully saturated rings. The zero-order valence-electron chi connectivity index (χ0n) is 44.5. The number of anilines is 2. The number of rotatable bonds is 10. The van der Waals surface area contributed by atoms with Crippen LogP contribution < -0.4 is 14.5 Å². The van der Waals surface area contributed by atoms with Crippen LogP contribution in [0, 0.1) is 24.2 Å². The van der Waals surface area contributed by atoms with Gasteiger partial charge in [-0.1, -0.05) is 182 Å². The Morgan fingerprint density at radius 1 is 0.563 bits per heavy atom. The van der Waals surface area contributed by atoms with Crippen molar-refractivity contribution in [2.24, 2.45) is 5.41 Å².